The number of nitrogens with zero attached hydrogens (tertiary/aromatic N) is 4. The molecule has 3 aromatic heterocycles. The fourth-order valence-corrected chi connectivity index (χ4v) is 3.46. The van der Waals surface area contributed by atoms with Crippen molar-refractivity contribution >= 4 is 28.5 Å². The summed E-state index contributed by atoms with van der Waals surface area (Å²) in [5, 5.41) is 11.8. The van der Waals surface area contributed by atoms with Crippen molar-refractivity contribution in [2.45, 2.75) is 6.18 Å². The number of anilines is 1. The maximum Gasteiger partial charge on any atom is 0.417 e. The number of hydrogen-bond donors (Lipinski definition) is 2. The molecule has 0 bridgehead atoms. The first-order chi connectivity index (χ1) is 15.3. The molecular weight excluding hydrogens is 451 g/mol. The summed E-state index contributed by atoms with van der Waals surface area (Å²) in [6.07, 6.45) is 0.286. The number of aromatic nitrogens is 4. The molecule has 0 radical (unpaired) electrons. The number of rotatable bonds is 7. The average molecular weight is 467 g/mol. The zero-order valence-electron chi connectivity index (χ0n) is 16.7. The van der Waals surface area contributed by atoms with Gasteiger partial charge in [0.05, 0.1) is 37.0 Å². The molecule has 3 heterocycles. The summed E-state index contributed by atoms with van der Waals surface area (Å²) in [6, 6.07) is 2.06. The van der Waals surface area contributed by atoms with Crippen molar-refractivity contribution in [2.24, 2.45) is 0 Å². The van der Waals surface area contributed by atoms with Gasteiger partial charge in [-0.15, -0.1) is 0 Å². The van der Waals surface area contributed by atoms with Crippen LogP contribution < -0.4 is 14.8 Å². The van der Waals surface area contributed by atoms with E-state index in [0.717, 1.165) is 17.4 Å². The Morgan fingerprint density at radius 2 is 1.88 bits per heavy atom. The molecule has 0 saturated carbocycles. The first-order valence-electron chi connectivity index (χ1n) is 8.84. The van der Waals surface area contributed by atoms with E-state index in [4.69, 9.17) is 14.6 Å². The fourth-order valence-electron chi connectivity index (χ4n) is 2.56. The van der Waals surface area contributed by atoms with E-state index in [9.17, 15) is 18.0 Å². The Kier molecular flexibility index (Phi) is 7.00. The second-order valence-electron chi connectivity index (χ2n) is 5.97. The molecule has 168 valence electrons. The van der Waals surface area contributed by atoms with Crippen LogP contribution in [0.4, 0.5) is 18.3 Å². The first kappa shape index (κ1) is 23.1. The van der Waals surface area contributed by atoms with Gasteiger partial charge in [0.15, 0.2) is 10.7 Å². The van der Waals surface area contributed by atoms with Crippen molar-refractivity contribution in [1.82, 2.24) is 19.9 Å². The van der Waals surface area contributed by atoms with E-state index in [-0.39, 0.29) is 40.4 Å². The zero-order chi connectivity index (χ0) is 23.3. The number of pyridine rings is 1. The number of amides is 1. The van der Waals surface area contributed by atoms with Gasteiger partial charge in [0.2, 0.25) is 11.8 Å². The van der Waals surface area contributed by atoms with Gasteiger partial charge >= 0.3 is 6.18 Å². The number of halogens is 3. The third kappa shape index (κ3) is 5.00. The van der Waals surface area contributed by atoms with Crippen LogP contribution in [0.3, 0.4) is 0 Å². The number of carbonyl (C=O) groups is 1. The highest BCUT2D eigenvalue weighted by molar-refractivity contribution is 7.17. The summed E-state index contributed by atoms with van der Waals surface area (Å²) in [7, 11) is 2.65. The van der Waals surface area contributed by atoms with Crippen molar-refractivity contribution in [3.05, 3.63) is 46.7 Å². The third-order valence-electron chi connectivity index (χ3n) is 3.97. The molecule has 2 N–H and O–H groups in total. The molecule has 0 aromatic carbocycles. The molecule has 1 amide bonds. The molecule has 13 heteroatoms. The van der Waals surface area contributed by atoms with Gasteiger partial charge in [-0.3, -0.25) is 15.1 Å². The number of ether oxygens (including phenoxy) is 2. The molecule has 0 saturated heterocycles. The van der Waals surface area contributed by atoms with Crippen molar-refractivity contribution in [2.75, 3.05) is 26.1 Å². The van der Waals surface area contributed by atoms with Crippen LogP contribution in [-0.4, -0.2) is 51.8 Å². The molecular formula is C19H16F3N5O4S. The average Bonchev–Trinajstić information content (AvgIpc) is 3.18. The Bertz CT molecular complexity index is 1110. The SMILES string of the molecule is COc1ncnc(OC)c1C(=O)Nc1nc(-c2ccc(C(F)(F)F)cn2)c(C=CCO)s1. The minimum Gasteiger partial charge on any atom is -0.480 e. The standard InChI is InChI=1S/C19H16F3N5O4S/c1-30-16-13(17(31-2)25-9-24-16)15(29)27-18-26-14(12(32-18)4-3-7-28)11-6-5-10(8-23-11)19(20,21)22/h3-6,8-9,28H,7H2,1-2H3,(H,26,27,29). The van der Waals surface area contributed by atoms with Crippen LogP contribution >= 0.6 is 11.3 Å². The number of aliphatic hydroxyl groups is 1. The second kappa shape index (κ2) is 9.70. The molecule has 0 spiro atoms. The summed E-state index contributed by atoms with van der Waals surface area (Å²) in [4.78, 5) is 29.2. The lowest BCUT2D eigenvalue weighted by Gasteiger charge is -2.09. The van der Waals surface area contributed by atoms with Gasteiger partial charge in [0.1, 0.15) is 12.0 Å². The maximum atomic E-state index is 12.8. The smallest absolute Gasteiger partial charge is 0.417 e. The Morgan fingerprint density at radius 3 is 2.41 bits per heavy atom. The normalized spacial score (nSPS) is 11.6. The monoisotopic (exact) mass is 467 g/mol. The van der Waals surface area contributed by atoms with Gasteiger partial charge in [-0.05, 0) is 18.2 Å². The molecule has 0 atom stereocenters. The summed E-state index contributed by atoms with van der Waals surface area (Å²) in [6.45, 7) is -0.269. The maximum absolute atomic E-state index is 12.8. The number of aliphatic hydroxyl groups excluding tert-OH is 1. The van der Waals surface area contributed by atoms with Crippen LogP contribution in [0.25, 0.3) is 17.5 Å². The Hall–Kier alpha value is -3.58. The molecule has 0 unspecified atom stereocenters. The van der Waals surface area contributed by atoms with Gasteiger partial charge in [0, 0.05) is 6.20 Å². The summed E-state index contributed by atoms with van der Waals surface area (Å²) in [5.74, 6) is -0.704. The van der Waals surface area contributed by atoms with E-state index >= 15 is 0 Å². The number of alkyl halides is 3. The van der Waals surface area contributed by atoms with Crippen molar-refractivity contribution in [1.29, 1.82) is 0 Å². The Labute approximate surface area is 183 Å². The van der Waals surface area contributed by atoms with Gasteiger partial charge in [-0.1, -0.05) is 17.4 Å². The summed E-state index contributed by atoms with van der Waals surface area (Å²) >= 11 is 1.03. The van der Waals surface area contributed by atoms with Crippen LogP contribution in [0.2, 0.25) is 0 Å². The molecule has 3 rings (SSSR count). The highest BCUT2D eigenvalue weighted by Gasteiger charge is 2.31. The number of methoxy groups -OCH3 is 2. The van der Waals surface area contributed by atoms with Crippen molar-refractivity contribution in [3.8, 4) is 23.1 Å². The largest absolute Gasteiger partial charge is 0.480 e. The molecule has 0 fully saturated rings. The highest BCUT2D eigenvalue weighted by atomic mass is 32.1. The van der Waals surface area contributed by atoms with Crippen LogP contribution in [0.5, 0.6) is 11.8 Å². The Morgan fingerprint density at radius 1 is 1.19 bits per heavy atom. The summed E-state index contributed by atoms with van der Waals surface area (Å²) < 4.78 is 48.7. The van der Waals surface area contributed by atoms with Crippen LogP contribution in [-0.2, 0) is 6.18 Å². The van der Waals surface area contributed by atoms with Gasteiger partial charge in [-0.25, -0.2) is 15.0 Å². The van der Waals surface area contributed by atoms with E-state index in [0.29, 0.717) is 11.1 Å². The third-order valence-corrected chi connectivity index (χ3v) is 4.91. The van der Waals surface area contributed by atoms with Gasteiger partial charge < -0.3 is 14.6 Å². The lowest BCUT2D eigenvalue weighted by atomic mass is 10.2. The van der Waals surface area contributed by atoms with E-state index in [1.54, 1.807) is 0 Å². The van der Waals surface area contributed by atoms with Gasteiger partial charge in [0.25, 0.3) is 5.91 Å². The molecule has 0 aliphatic carbocycles. The van der Waals surface area contributed by atoms with Gasteiger partial charge in [-0.2, -0.15) is 13.2 Å². The van der Waals surface area contributed by atoms with E-state index in [1.807, 2.05) is 0 Å². The second-order valence-corrected chi connectivity index (χ2v) is 7.00. The number of hydrogen-bond acceptors (Lipinski definition) is 9. The molecule has 9 nitrogen and oxygen atoms in total. The minimum absolute atomic E-state index is 0.0177. The first-order valence-corrected chi connectivity index (χ1v) is 9.66. The number of carbonyl (C=O) groups excluding carboxylic acids is 1. The van der Waals surface area contributed by atoms with E-state index in [1.165, 1.54) is 38.8 Å². The molecule has 32 heavy (non-hydrogen) atoms. The van der Waals surface area contributed by atoms with Crippen molar-refractivity contribution < 1.29 is 32.5 Å². The quantitative estimate of drug-likeness (QED) is 0.543. The minimum atomic E-state index is -4.53. The number of thiazole rings is 1. The molecule has 0 aliphatic rings. The summed E-state index contributed by atoms with van der Waals surface area (Å²) in [5.41, 5.74) is -0.576. The van der Waals surface area contributed by atoms with Crippen molar-refractivity contribution in [3.63, 3.8) is 0 Å². The Balaban J connectivity index is 1.97. The number of nitrogens with one attached hydrogen (secondary N) is 1. The van der Waals surface area contributed by atoms with Crippen LogP contribution in [0, 0.1) is 0 Å². The predicted molar refractivity (Wildman–Crippen MR) is 110 cm³/mol. The van der Waals surface area contributed by atoms with Crippen LogP contribution in [0.15, 0.2) is 30.7 Å². The highest BCUT2D eigenvalue weighted by Crippen LogP contribution is 2.34. The topological polar surface area (TPSA) is 119 Å². The zero-order valence-corrected chi connectivity index (χ0v) is 17.5. The lowest BCUT2D eigenvalue weighted by Crippen LogP contribution is -2.16. The van der Waals surface area contributed by atoms with E-state index in [2.05, 4.69) is 25.3 Å². The molecule has 0 aliphatic heterocycles. The van der Waals surface area contributed by atoms with E-state index < -0.39 is 17.6 Å². The fraction of sp³-hybridized carbons (Fsp3) is 0.211. The van der Waals surface area contributed by atoms with Crippen LogP contribution in [0.1, 0.15) is 20.8 Å². The molecule has 3 aromatic rings. The predicted octanol–water partition coefficient (Wildman–Crippen LogP) is 3.29. The lowest BCUT2D eigenvalue weighted by molar-refractivity contribution is -0.137.